The first-order valence-electron chi connectivity index (χ1n) is 3.44. The van der Waals surface area contributed by atoms with Crippen LogP contribution in [-0.4, -0.2) is 39.7 Å². The van der Waals surface area contributed by atoms with E-state index in [0.29, 0.717) is 13.0 Å². The number of hydrogen-bond acceptors (Lipinski definition) is 3. The van der Waals surface area contributed by atoms with Crippen LogP contribution in [0.3, 0.4) is 0 Å². The van der Waals surface area contributed by atoms with Gasteiger partial charge in [0, 0.05) is 0 Å². The van der Waals surface area contributed by atoms with E-state index in [4.69, 9.17) is 16.6 Å². The average Bonchev–Trinajstić information content (AvgIpc) is 1.87. The maximum absolute atomic E-state index is 10.3. The Morgan fingerprint density at radius 1 is 1.64 bits per heavy atom. The molecule has 5 heteroatoms. The van der Waals surface area contributed by atoms with Gasteiger partial charge in [0.1, 0.15) is 0 Å². The van der Waals surface area contributed by atoms with Crippen LogP contribution in [0.15, 0.2) is 0 Å². The first-order chi connectivity index (χ1) is 5.07. The van der Waals surface area contributed by atoms with Gasteiger partial charge in [-0.15, -0.1) is 0 Å². The van der Waals surface area contributed by atoms with Crippen LogP contribution in [0.1, 0.15) is 12.8 Å². The average molecular weight is 225 g/mol. The minimum absolute atomic E-state index is 0.235. The van der Waals surface area contributed by atoms with Crippen molar-refractivity contribution in [1.82, 2.24) is 0 Å². The van der Waals surface area contributed by atoms with Crippen molar-refractivity contribution in [2.24, 2.45) is 11.5 Å². The molecular formula is C6H14N2O2Se. The predicted octanol–water partition coefficient (Wildman–Crippen LogP) is -1.17. The van der Waals surface area contributed by atoms with E-state index in [1.165, 1.54) is 0 Å². The van der Waals surface area contributed by atoms with Crippen molar-refractivity contribution >= 4 is 22.0 Å². The number of hydrogen-bond donors (Lipinski definition) is 3. The summed E-state index contributed by atoms with van der Waals surface area (Å²) in [5.41, 5.74) is 10.6. The van der Waals surface area contributed by atoms with E-state index in [-0.39, 0.29) is 4.82 Å². The van der Waals surface area contributed by atoms with E-state index in [0.717, 1.165) is 6.42 Å². The van der Waals surface area contributed by atoms with Gasteiger partial charge in [-0.3, -0.25) is 0 Å². The van der Waals surface area contributed by atoms with Crippen molar-refractivity contribution in [3.05, 3.63) is 0 Å². The van der Waals surface area contributed by atoms with Gasteiger partial charge < -0.3 is 0 Å². The predicted molar refractivity (Wildman–Crippen MR) is 44.8 cm³/mol. The van der Waals surface area contributed by atoms with Gasteiger partial charge in [0.25, 0.3) is 0 Å². The summed E-state index contributed by atoms with van der Waals surface area (Å²) in [6.45, 7) is 0.575. The molecule has 1 unspecified atom stereocenters. The molecule has 0 saturated heterocycles. The van der Waals surface area contributed by atoms with Crippen LogP contribution in [0.4, 0.5) is 0 Å². The van der Waals surface area contributed by atoms with Gasteiger partial charge in [-0.25, -0.2) is 0 Å². The zero-order valence-corrected chi connectivity index (χ0v) is 8.11. The van der Waals surface area contributed by atoms with Crippen molar-refractivity contribution in [3.63, 3.8) is 0 Å². The summed E-state index contributed by atoms with van der Waals surface area (Å²) >= 11 is 2.40. The second kappa shape index (κ2) is 5.55. The third-order valence-corrected chi connectivity index (χ3v) is 2.33. The molecule has 66 valence electrons. The molecule has 0 aliphatic heterocycles. The third kappa shape index (κ3) is 5.21. The van der Waals surface area contributed by atoms with Crippen LogP contribution in [0.5, 0.6) is 0 Å². The zero-order chi connectivity index (χ0) is 8.85. The van der Waals surface area contributed by atoms with E-state index in [1.54, 1.807) is 0 Å². The third-order valence-electron chi connectivity index (χ3n) is 1.34. The van der Waals surface area contributed by atoms with Crippen LogP contribution in [0.2, 0.25) is 4.82 Å². The Labute approximate surface area is 74.1 Å². The Morgan fingerprint density at radius 3 is 2.55 bits per heavy atom. The Kier molecular flexibility index (Phi) is 5.50. The summed E-state index contributed by atoms with van der Waals surface area (Å²) in [4.78, 5) is 10.5. The molecule has 0 heterocycles. The monoisotopic (exact) mass is 226 g/mol. The zero-order valence-electron chi connectivity index (χ0n) is 6.23. The van der Waals surface area contributed by atoms with Crippen LogP contribution < -0.4 is 11.5 Å². The minimum atomic E-state index is -0.946. The molecular weight excluding hydrogens is 211 g/mol. The van der Waals surface area contributed by atoms with Crippen LogP contribution in [0, 0.1) is 0 Å². The number of carbonyl (C=O) groups is 1. The summed E-state index contributed by atoms with van der Waals surface area (Å²) < 4.78 is 0. The molecule has 0 radical (unpaired) electrons. The van der Waals surface area contributed by atoms with Gasteiger partial charge in [-0.05, 0) is 0 Å². The molecule has 0 rings (SSSR count). The fourth-order valence-corrected chi connectivity index (χ4v) is 1.49. The van der Waals surface area contributed by atoms with E-state index >= 15 is 0 Å². The Bertz CT molecular complexity index is 132. The second-order valence-corrected chi connectivity index (χ2v) is 3.94. The molecule has 11 heavy (non-hydrogen) atoms. The number of carboxylic acid groups (broad SMARTS) is 1. The Hall–Kier alpha value is -0.0905. The van der Waals surface area contributed by atoms with Gasteiger partial charge in [0.2, 0.25) is 0 Å². The van der Waals surface area contributed by atoms with Gasteiger partial charge in [0.15, 0.2) is 0 Å². The molecule has 0 aromatic carbocycles. The topological polar surface area (TPSA) is 89.3 Å². The summed E-state index contributed by atoms with van der Waals surface area (Å²) in [7, 11) is 0. The van der Waals surface area contributed by atoms with Crippen molar-refractivity contribution in [3.8, 4) is 0 Å². The van der Waals surface area contributed by atoms with Crippen molar-refractivity contribution in [2.45, 2.75) is 23.7 Å². The molecule has 0 amide bonds. The fourth-order valence-electron chi connectivity index (χ4n) is 0.704. The van der Waals surface area contributed by atoms with Crippen LogP contribution in [0.25, 0.3) is 0 Å². The molecule has 0 aliphatic rings. The first kappa shape index (κ1) is 10.9. The standard InChI is InChI=1S/C6H14N2O2Se/c7-2-1-4(11)3-5(8)6(9)10/h4-5,11H,1-3,7-8H2,(H,9,10)/t4?,5-/m0/s1. The molecule has 0 saturated carbocycles. The summed E-state index contributed by atoms with van der Waals surface area (Å²) in [6, 6.07) is -0.755. The Balaban J connectivity index is 3.56. The number of rotatable bonds is 5. The molecule has 0 aliphatic carbocycles. The SMILES string of the molecule is NCCC([SeH])C[C@H](N)C(=O)O. The van der Waals surface area contributed by atoms with E-state index in [9.17, 15) is 4.79 Å². The van der Waals surface area contributed by atoms with Gasteiger partial charge >= 0.3 is 73.6 Å². The number of aliphatic carboxylic acids is 1. The van der Waals surface area contributed by atoms with Crippen molar-refractivity contribution < 1.29 is 9.90 Å². The quantitative estimate of drug-likeness (QED) is 0.514. The van der Waals surface area contributed by atoms with E-state index in [1.807, 2.05) is 0 Å². The summed E-state index contributed by atoms with van der Waals surface area (Å²) in [5, 5.41) is 8.44. The Morgan fingerprint density at radius 2 is 2.18 bits per heavy atom. The van der Waals surface area contributed by atoms with Crippen molar-refractivity contribution in [2.75, 3.05) is 6.54 Å². The molecule has 4 nitrogen and oxygen atoms in total. The normalized spacial score (nSPS) is 15.9. The van der Waals surface area contributed by atoms with E-state index < -0.39 is 12.0 Å². The van der Waals surface area contributed by atoms with Crippen LogP contribution >= 0.6 is 0 Å². The molecule has 0 bridgehead atoms. The summed E-state index contributed by atoms with van der Waals surface area (Å²) in [5.74, 6) is -0.946. The van der Waals surface area contributed by atoms with E-state index in [2.05, 4.69) is 16.0 Å². The maximum atomic E-state index is 10.3. The van der Waals surface area contributed by atoms with Gasteiger partial charge in [-0.2, -0.15) is 0 Å². The fraction of sp³-hybridized carbons (Fsp3) is 0.833. The molecule has 0 aromatic heterocycles. The summed E-state index contributed by atoms with van der Waals surface area (Å²) in [6.07, 6.45) is 1.29. The van der Waals surface area contributed by atoms with Gasteiger partial charge in [0.05, 0.1) is 0 Å². The van der Waals surface area contributed by atoms with Crippen LogP contribution in [-0.2, 0) is 4.79 Å². The molecule has 0 aromatic rings. The number of nitrogens with two attached hydrogens (primary N) is 2. The molecule has 0 fully saturated rings. The van der Waals surface area contributed by atoms with Crippen molar-refractivity contribution in [1.29, 1.82) is 0 Å². The molecule has 5 N–H and O–H groups in total. The number of carboxylic acids is 1. The van der Waals surface area contributed by atoms with Gasteiger partial charge in [-0.1, -0.05) is 0 Å². The second-order valence-electron chi connectivity index (χ2n) is 2.41. The molecule has 0 spiro atoms. The molecule has 2 atom stereocenters. The first-order valence-corrected chi connectivity index (χ1v) is 4.52.